The minimum atomic E-state index is -0.426. The molecule has 0 spiro atoms. The van der Waals surface area contributed by atoms with Crippen LogP contribution >= 0.6 is 0 Å². The molecule has 1 fully saturated rings. The lowest BCUT2D eigenvalue weighted by Crippen LogP contribution is -2.42. The van der Waals surface area contributed by atoms with Crippen molar-refractivity contribution >= 4 is 11.8 Å². The Labute approximate surface area is 125 Å². The van der Waals surface area contributed by atoms with Gasteiger partial charge >= 0.3 is 0 Å². The molecule has 4 N–H and O–H groups in total. The van der Waals surface area contributed by atoms with Crippen LogP contribution in [-0.2, 0) is 11.2 Å². The van der Waals surface area contributed by atoms with E-state index in [0.717, 1.165) is 24.9 Å². The van der Waals surface area contributed by atoms with Crippen LogP contribution in [0, 0.1) is 5.92 Å². The maximum Gasteiger partial charge on any atom is 0.248 e. The van der Waals surface area contributed by atoms with E-state index in [2.05, 4.69) is 17.6 Å². The predicted octanol–water partition coefficient (Wildman–Crippen LogP) is 0.832. The van der Waals surface area contributed by atoms with Crippen LogP contribution < -0.4 is 16.4 Å². The van der Waals surface area contributed by atoms with Gasteiger partial charge in [-0.3, -0.25) is 9.59 Å². The standard InChI is InChI=1S/C16H23N3O2/c1-11-9-14(6-8-18-11)16(21)19-7-5-12-3-2-4-13(10-12)15(17)20/h2-4,10-11,14,18H,5-9H2,1H3,(H2,17,20)(H,19,21)/t11-,14-/m0/s1. The van der Waals surface area contributed by atoms with Gasteiger partial charge in [-0.15, -0.1) is 0 Å². The molecular weight excluding hydrogens is 266 g/mol. The summed E-state index contributed by atoms with van der Waals surface area (Å²) < 4.78 is 0. The first-order valence-corrected chi connectivity index (χ1v) is 7.46. The lowest BCUT2D eigenvalue weighted by molar-refractivity contribution is -0.126. The van der Waals surface area contributed by atoms with E-state index in [1.807, 2.05) is 12.1 Å². The first kappa shape index (κ1) is 15.5. The smallest absolute Gasteiger partial charge is 0.248 e. The van der Waals surface area contributed by atoms with E-state index < -0.39 is 5.91 Å². The number of nitrogens with two attached hydrogens (primary N) is 1. The van der Waals surface area contributed by atoms with Crippen LogP contribution in [0.25, 0.3) is 0 Å². The third-order valence-electron chi connectivity index (χ3n) is 3.92. The number of primary amides is 1. The topological polar surface area (TPSA) is 84.2 Å². The van der Waals surface area contributed by atoms with E-state index in [4.69, 9.17) is 5.73 Å². The number of amides is 2. The lowest BCUT2D eigenvalue weighted by atomic mass is 9.92. The second-order valence-corrected chi connectivity index (χ2v) is 5.68. The monoisotopic (exact) mass is 289 g/mol. The second kappa shape index (κ2) is 7.22. The van der Waals surface area contributed by atoms with Gasteiger partial charge in [0, 0.05) is 24.1 Å². The molecular formula is C16H23N3O2. The average Bonchev–Trinajstić information content (AvgIpc) is 2.47. The number of hydrogen-bond donors (Lipinski definition) is 3. The van der Waals surface area contributed by atoms with Crippen molar-refractivity contribution in [3.63, 3.8) is 0 Å². The van der Waals surface area contributed by atoms with Crippen LogP contribution in [0.1, 0.15) is 35.7 Å². The quantitative estimate of drug-likeness (QED) is 0.751. The highest BCUT2D eigenvalue weighted by Gasteiger charge is 2.24. The van der Waals surface area contributed by atoms with Crippen molar-refractivity contribution in [2.24, 2.45) is 11.7 Å². The highest BCUT2D eigenvalue weighted by molar-refractivity contribution is 5.92. The van der Waals surface area contributed by atoms with Gasteiger partial charge in [-0.05, 0) is 50.4 Å². The SMILES string of the molecule is C[C@H]1C[C@@H](C(=O)NCCc2cccc(C(N)=O)c2)CCN1. The molecule has 0 unspecified atom stereocenters. The number of carbonyl (C=O) groups excluding carboxylic acids is 2. The summed E-state index contributed by atoms with van der Waals surface area (Å²) in [5.74, 6) is -0.183. The Kier molecular flexibility index (Phi) is 5.33. The predicted molar refractivity (Wildman–Crippen MR) is 81.9 cm³/mol. The van der Waals surface area contributed by atoms with Crippen molar-refractivity contribution in [2.75, 3.05) is 13.1 Å². The highest BCUT2D eigenvalue weighted by atomic mass is 16.2. The fourth-order valence-corrected chi connectivity index (χ4v) is 2.72. The minimum Gasteiger partial charge on any atom is -0.366 e. The van der Waals surface area contributed by atoms with Gasteiger partial charge in [0.1, 0.15) is 0 Å². The normalized spacial score (nSPS) is 21.8. The van der Waals surface area contributed by atoms with Crippen molar-refractivity contribution in [3.05, 3.63) is 35.4 Å². The summed E-state index contributed by atoms with van der Waals surface area (Å²) in [6.07, 6.45) is 2.49. The molecule has 114 valence electrons. The fraction of sp³-hybridized carbons (Fsp3) is 0.500. The van der Waals surface area contributed by atoms with Crippen molar-refractivity contribution in [1.82, 2.24) is 10.6 Å². The molecule has 0 aliphatic carbocycles. The molecule has 0 bridgehead atoms. The Morgan fingerprint density at radius 3 is 2.95 bits per heavy atom. The minimum absolute atomic E-state index is 0.109. The zero-order valence-electron chi connectivity index (χ0n) is 12.4. The summed E-state index contributed by atoms with van der Waals surface area (Å²) in [5.41, 5.74) is 6.77. The maximum atomic E-state index is 12.1. The number of hydrogen-bond acceptors (Lipinski definition) is 3. The van der Waals surface area contributed by atoms with Gasteiger partial charge in [-0.2, -0.15) is 0 Å². The molecule has 5 nitrogen and oxygen atoms in total. The van der Waals surface area contributed by atoms with E-state index in [1.165, 1.54) is 0 Å². The number of carbonyl (C=O) groups is 2. The van der Waals surface area contributed by atoms with Crippen LogP contribution in [0.5, 0.6) is 0 Å². The molecule has 1 aromatic carbocycles. The molecule has 1 aliphatic heterocycles. The first-order chi connectivity index (χ1) is 10.1. The molecule has 1 aromatic rings. The van der Waals surface area contributed by atoms with E-state index in [0.29, 0.717) is 24.6 Å². The molecule has 2 amide bonds. The largest absolute Gasteiger partial charge is 0.366 e. The van der Waals surface area contributed by atoms with Crippen molar-refractivity contribution in [1.29, 1.82) is 0 Å². The zero-order chi connectivity index (χ0) is 15.2. The number of nitrogens with one attached hydrogen (secondary N) is 2. The summed E-state index contributed by atoms with van der Waals surface area (Å²) >= 11 is 0. The summed E-state index contributed by atoms with van der Waals surface area (Å²) in [6.45, 7) is 3.59. The van der Waals surface area contributed by atoms with E-state index in [-0.39, 0.29) is 11.8 Å². The number of benzene rings is 1. The molecule has 1 saturated heterocycles. The van der Waals surface area contributed by atoms with E-state index >= 15 is 0 Å². The highest BCUT2D eigenvalue weighted by Crippen LogP contribution is 2.16. The van der Waals surface area contributed by atoms with Crippen LogP contribution in [0.3, 0.4) is 0 Å². The van der Waals surface area contributed by atoms with Gasteiger partial charge in [0.15, 0.2) is 0 Å². The van der Waals surface area contributed by atoms with Gasteiger partial charge in [-0.1, -0.05) is 12.1 Å². The Balaban J connectivity index is 1.79. The van der Waals surface area contributed by atoms with Gasteiger partial charge in [0.05, 0.1) is 0 Å². The second-order valence-electron chi connectivity index (χ2n) is 5.68. The molecule has 1 heterocycles. The molecule has 0 radical (unpaired) electrons. The molecule has 0 saturated carbocycles. The van der Waals surface area contributed by atoms with Gasteiger partial charge in [0.25, 0.3) is 0 Å². The average molecular weight is 289 g/mol. The zero-order valence-corrected chi connectivity index (χ0v) is 12.4. The summed E-state index contributed by atoms with van der Waals surface area (Å²) in [4.78, 5) is 23.2. The Bertz CT molecular complexity index is 516. The van der Waals surface area contributed by atoms with Crippen molar-refractivity contribution < 1.29 is 9.59 Å². The van der Waals surface area contributed by atoms with Gasteiger partial charge in [-0.25, -0.2) is 0 Å². The Hall–Kier alpha value is -1.88. The summed E-state index contributed by atoms with van der Waals surface area (Å²) in [5, 5.41) is 6.33. The lowest BCUT2D eigenvalue weighted by Gasteiger charge is -2.27. The molecule has 2 atom stereocenters. The fourth-order valence-electron chi connectivity index (χ4n) is 2.72. The first-order valence-electron chi connectivity index (χ1n) is 7.46. The Morgan fingerprint density at radius 1 is 1.43 bits per heavy atom. The van der Waals surface area contributed by atoms with Crippen LogP contribution in [0.4, 0.5) is 0 Å². The third kappa shape index (κ3) is 4.56. The summed E-state index contributed by atoms with van der Waals surface area (Å²) in [6, 6.07) is 7.63. The Morgan fingerprint density at radius 2 is 2.24 bits per heavy atom. The summed E-state index contributed by atoms with van der Waals surface area (Å²) in [7, 11) is 0. The molecule has 1 aliphatic rings. The van der Waals surface area contributed by atoms with Crippen molar-refractivity contribution in [3.8, 4) is 0 Å². The van der Waals surface area contributed by atoms with Crippen LogP contribution in [0.15, 0.2) is 24.3 Å². The molecule has 2 rings (SSSR count). The number of piperidine rings is 1. The van der Waals surface area contributed by atoms with Gasteiger partial charge < -0.3 is 16.4 Å². The van der Waals surface area contributed by atoms with Crippen molar-refractivity contribution in [2.45, 2.75) is 32.2 Å². The molecule has 21 heavy (non-hydrogen) atoms. The third-order valence-corrected chi connectivity index (χ3v) is 3.92. The van der Waals surface area contributed by atoms with Crippen LogP contribution in [-0.4, -0.2) is 30.9 Å². The maximum absolute atomic E-state index is 12.1. The van der Waals surface area contributed by atoms with Gasteiger partial charge in [0.2, 0.25) is 11.8 Å². The number of rotatable bonds is 5. The van der Waals surface area contributed by atoms with Crippen LogP contribution in [0.2, 0.25) is 0 Å². The van der Waals surface area contributed by atoms with E-state index in [9.17, 15) is 9.59 Å². The van der Waals surface area contributed by atoms with E-state index in [1.54, 1.807) is 12.1 Å². The molecule has 0 aromatic heterocycles. The molecule has 5 heteroatoms.